The fourth-order valence-electron chi connectivity index (χ4n) is 4.20. The van der Waals surface area contributed by atoms with Gasteiger partial charge in [-0.3, -0.25) is 4.79 Å². The average Bonchev–Trinajstić information content (AvgIpc) is 3.44. The molecule has 1 N–H and O–H groups in total. The normalized spacial score (nSPS) is 12.0. The van der Waals surface area contributed by atoms with Gasteiger partial charge in [-0.1, -0.05) is 41.9 Å². The molecule has 1 aromatic heterocycles. The Hall–Kier alpha value is -3.22. The van der Waals surface area contributed by atoms with Crippen molar-refractivity contribution in [2.45, 2.75) is 29.9 Å². The summed E-state index contributed by atoms with van der Waals surface area (Å²) < 4.78 is 66.9. The van der Waals surface area contributed by atoms with Crippen molar-refractivity contribution in [3.63, 3.8) is 0 Å². The van der Waals surface area contributed by atoms with Crippen molar-refractivity contribution < 1.29 is 26.4 Å². The van der Waals surface area contributed by atoms with Gasteiger partial charge in [-0.25, -0.2) is 13.1 Å². The van der Waals surface area contributed by atoms with Crippen molar-refractivity contribution in [2.75, 3.05) is 25.0 Å². The summed E-state index contributed by atoms with van der Waals surface area (Å²) in [6.45, 7) is 1.35. The summed E-state index contributed by atoms with van der Waals surface area (Å²) in [5, 5.41) is 0.518. The third kappa shape index (κ3) is 8.65. The van der Waals surface area contributed by atoms with E-state index in [9.17, 15) is 26.4 Å². The van der Waals surface area contributed by atoms with E-state index >= 15 is 0 Å². The van der Waals surface area contributed by atoms with Crippen LogP contribution in [-0.2, 0) is 29.3 Å². The van der Waals surface area contributed by atoms with Gasteiger partial charge in [-0.15, -0.1) is 11.3 Å². The van der Waals surface area contributed by atoms with Crippen LogP contribution in [0.5, 0.6) is 0 Å². The molecule has 0 saturated carbocycles. The monoisotopic (exact) mass is 635 g/mol. The maximum Gasteiger partial charge on any atom is 0.416 e. The van der Waals surface area contributed by atoms with E-state index in [1.54, 1.807) is 35.2 Å². The topological polar surface area (TPSA) is 69.7 Å². The number of carbonyl (C=O) groups is 1. The number of anilines is 1. The molecular weight excluding hydrogens is 607 g/mol. The van der Waals surface area contributed by atoms with Crippen molar-refractivity contribution in [3.05, 3.63) is 118 Å². The highest BCUT2D eigenvalue weighted by Gasteiger charge is 2.30. The van der Waals surface area contributed by atoms with Gasteiger partial charge in [0.15, 0.2) is 0 Å². The second kappa shape index (κ2) is 13.8. The summed E-state index contributed by atoms with van der Waals surface area (Å²) in [5.41, 5.74) is 1.17. The van der Waals surface area contributed by atoms with E-state index in [2.05, 4.69) is 4.72 Å². The van der Waals surface area contributed by atoms with Crippen LogP contribution in [0.25, 0.3) is 0 Å². The molecule has 0 unspecified atom stereocenters. The molecule has 0 aliphatic rings. The third-order valence-corrected chi connectivity index (χ3v) is 9.64. The van der Waals surface area contributed by atoms with Crippen molar-refractivity contribution in [1.82, 2.24) is 9.62 Å². The number of halogens is 4. The lowest BCUT2D eigenvalue weighted by atomic mass is 10.1. The number of amides is 1. The highest BCUT2D eigenvalue weighted by Crippen LogP contribution is 2.29. The first kappa shape index (κ1) is 31.7. The summed E-state index contributed by atoms with van der Waals surface area (Å²) in [5.74, 6) is -0.241. The molecule has 3 aromatic carbocycles. The number of hydrogen-bond donors (Lipinski definition) is 1. The van der Waals surface area contributed by atoms with Gasteiger partial charge < -0.3 is 9.80 Å². The van der Waals surface area contributed by atoms with E-state index in [4.69, 9.17) is 11.6 Å². The molecule has 0 aliphatic heterocycles. The smallest absolute Gasteiger partial charge is 0.303 e. The molecule has 0 bridgehead atoms. The SMILES string of the molecule is CN(CCCNS(=O)(=O)c1ccc(CN(C(=O)c2ccc(Cl)cc2)c2ccccc2)s1)Cc1ccc(C(F)(F)F)cc1. The second-order valence-electron chi connectivity index (χ2n) is 9.64. The Morgan fingerprint density at radius 1 is 0.905 bits per heavy atom. The molecule has 0 aliphatic carbocycles. The van der Waals surface area contributed by atoms with Gasteiger partial charge in [-0.05, 0) is 86.2 Å². The van der Waals surface area contributed by atoms with Crippen LogP contribution in [-0.4, -0.2) is 39.4 Å². The van der Waals surface area contributed by atoms with Crippen molar-refractivity contribution in [1.29, 1.82) is 0 Å². The summed E-state index contributed by atoms with van der Waals surface area (Å²) in [4.78, 5) is 17.6. The lowest BCUT2D eigenvalue weighted by Gasteiger charge is -2.22. The first-order valence-corrected chi connectivity index (χ1v) is 15.7. The number of alkyl halides is 3. The van der Waals surface area contributed by atoms with Crippen LogP contribution in [0.3, 0.4) is 0 Å². The number of nitrogens with zero attached hydrogens (tertiary/aromatic N) is 2. The van der Waals surface area contributed by atoms with Gasteiger partial charge in [0.2, 0.25) is 10.0 Å². The van der Waals surface area contributed by atoms with Gasteiger partial charge in [0, 0.05) is 34.2 Å². The Labute approximate surface area is 252 Å². The molecule has 0 radical (unpaired) electrons. The number of sulfonamides is 1. The lowest BCUT2D eigenvalue weighted by Crippen LogP contribution is -2.30. The molecule has 222 valence electrons. The Kier molecular flexibility index (Phi) is 10.4. The minimum Gasteiger partial charge on any atom is -0.303 e. The second-order valence-corrected chi connectivity index (χ2v) is 13.2. The van der Waals surface area contributed by atoms with Crippen LogP contribution < -0.4 is 9.62 Å². The number of para-hydroxylation sites is 1. The van der Waals surface area contributed by atoms with E-state index in [1.165, 1.54) is 18.2 Å². The molecule has 0 spiro atoms. The molecule has 1 amide bonds. The minimum atomic E-state index is -4.37. The van der Waals surface area contributed by atoms with Gasteiger partial charge >= 0.3 is 6.18 Å². The average molecular weight is 636 g/mol. The molecule has 0 atom stereocenters. The Morgan fingerprint density at radius 2 is 1.57 bits per heavy atom. The van der Waals surface area contributed by atoms with E-state index in [0.717, 1.165) is 29.0 Å². The Balaban J connectivity index is 1.33. The van der Waals surface area contributed by atoms with Crippen LogP contribution in [0.4, 0.5) is 18.9 Å². The molecule has 0 fully saturated rings. The van der Waals surface area contributed by atoms with Gasteiger partial charge in [0.1, 0.15) is 4.21 Å². The standard InChI is InChI=1S/C30H29ClF3N3O3S2/c1-36(20-22-8-12-24(13-9-22)30(32,33)34)19-5-18-35-42(39,40)28-17-16-27(41-28)21-37(26-6-3-2-4-7-26)29(38)23-10-14-25(31)15-11-23/h2-4,6-17,35H,5,18-21H2,1H3. The zero-order chi connectivity index (χ0) is 30.3. The van der Waals surface area contributed by atoms with E-state index in [-0.39, 0.29) is 23.2 Å². The largest absolute Gasteiger partial charge is 0.416 e. The van der Waals surface area contributed by atoms with Crippen LogP contribution in [0.15, 0.2) is 95.2 Å². The molecular formula is C30H29ClF3N3O3S2. The molecule has 42 heavy (non-hydrogen) atoms. The van der Waals surface area contributed by atoms with Crippen molar-refractivity contribution in [2.24, 2.45) is 0 Å². The number of rotatable bonds is 12. The lowest BCUT2D eigenvalue weighted by molar-refractivity contribution is -0.137. The van der Waals surface area contributed by atoms with Crippen molar-refractivity contribution in [3.8, 4) is 0 Å². The number of carbonyl (C=O) groups excluding carboxylic acids is 1. The number of thiophene rings is 1. The minimum absolute atomic E-state index is 0.141. The van der Waals surface area contributed by atoms with E-state index in [0.29, 0.717) is 40.7 Å². The van der Waals surface area contributed by atoms with Crippen LogP contribution >= 0.6 is 22.9 Å². The van der Waals surface area contributed by atoms with Gasteiger partial charge in [0.25, 0.3) is 5.91 Å². The van der Waals surface area contributed by atoms with E-state index < -0.39 is 21.8 Å². The van der Waals surface area contributed by atoms with Gasteiger partial charge in [0.05, 0.1) is 12.1 Å². The molecule has 4 aromatic rings. The molecule has 12 heteroatoms. The van der Waals surface area contributed by atoms with Crippen molar-refractivity contribution >= 4 is 44.6 Å². The zero-order valence-corrected chi connectivity index (χ0v) is 25.0. The zero-order valence-electron chi connectivity index (χ0n) is 22.6. The summed E-state index contributed by atoms with van der Waals surface area (Å²) in [7, 11) is -1.95. The first-order chi connectivity index (χ1) is 19.9. The highest BCUT2D eigenvalue weighted by molar-refractivity contribution is 7.91. The molecule has 4 rings (SSSR count). The highest BCUT2D eigenvalue weighted by atomic mass is 35.5. The predicted octanol–water partition coefficient (Wildman–Crippen LogP) is 7.07. The van der Waals surface area contributed by atoms with Crippen LogP contribution in [0.1, 0.15) is 32.8 Å². The fraction of sp³-hybridized carbons (Fsp3) is 0.233. The van der Waals surface area contributed by atoms with Gasteiger partial charge in [-0.2, -0.15) is 13.2 Å². The quantitative estimate of drug-likeness (QED) is 0.169. The summed E-state index contributed by atoms with van der Waals surface area (Å²) >= 11 is 7.07. The molecule has 6 nitrogen and oxygen atoms in total. The van der Waals surface area contributed by atoms with Crippen LogP contribution in [0, 0.1) is 0 Å². The Bertz CT molecular complexity index is 1580. The van der Waals surface area contributed by atoms with Crippen LogP contribution in [0.2, 0.25) is 5.02 Å². The number of nitrogens with one attached hydrogen (secondary N) is 1. The first-order valence-electron chi connectivity index (χ1n) is 13.0. The predicted molar refractivity (Wildman–Crippen MR) is 160 cm³/mol. The summed E-state index contributed by atoms with van der Waals surface area (Å²) in [6.07, 6.45) is -3.87. The van der Waals surface area contributed by atoms with E-state index in [1.807, 2.05) is 42.3 Å². The molecule has 0 saturated heterocycles. The Morgan fingerprint density at radius 3 is 2.21 bits per heavy atom. The summed E-state index contributed by atoms with van der Waals surface area (Å²) in [6, 6.07) is 23.9. The third-order valence-electron chi connectivity index (χ3n) is 6.36. The number of benzene rings is 3. The maximum atomic E-state index is 13.4. The maximum absolute atomic E-state index is 13.4. The molecule has 1 heterocycles. The number of hydrogen-bond acceptors (Lipinski definition) is 5. The fourth-order valence-corrected chi connectivity index (χ4v) is 6.79.